The molecule has 2 atom stereocenters. The van der Waals surface area contributed by atoms with E-state index in [0.29, 0.717) is 12.0 Å². The number of aldehydes is 1. The SMILES string of the molecule is O=Cc1cc(F)ccc1-n1cc(C2CCCNC2O)c2ccncc21. The van der Waals surface area contributed by atoms with Crippen LogP contribution in [-0.2, 0) is 0 Å². The van der Waals surface area contributed by atoms with Crippen LogP contribution in [0.15, 0.2) is 42.9 Å². The van der Waals surface area contributed by atoms with E-state index in [9.17, 15) is 14.3 Å². The molecule has 5 nitrogen and oxygen atoms in total. The van der Waals surface area contributed by atoms with Gasteiger partial charge in [-0.1, -0.05) is 0 Å². The highest BCUT2D eigenvalue weighted by atomic mass is 19.1. The van der Waals surface area contributed by atoms with Gasteiger partial charge in [-0.3, -0.25) is 15.1 Å². The second-order valence-electron chi connectivity index (χ2n) is 6.32. The molecule has 1 aliphatic heterocycles. The van der Waals surface area contributed by atoms with Crippen LogP contribution in [0.3, 0.4) is 0 Å². The summed E-state index contributed by atoms with van der Waals surface area (Å²) in [6.45, 7) is 0.797. The zero-order valence-electron chi connectivity index (χ0n) is 13.5. The van der Waals surface area contributed by atoms with E-state index >= 15 is 0 Å². The fourth-order valence-electron chi connectivity index (χ4n) is 3.63. The molecule has 4 rings (SSSR count). The number of hydrogen-bond donors (Lipinski definition) is 2. The fraction of sp³-hybridized carbons (Fsp3) is 0.263. The molecule has 1 aromatic carbocycles. The molecule has 0 bridgehead atoms. The number of halogens is 1. The van der Waals surface area contributed by atoms with Crippen LogP contribution < -0.4 is 5.32 Å². The summed E-state index contributed by atoms with van der Waals surface area (Å²) in [6.07, 6.45) is 7.25. The number of piperidine rings is 1. The fourth-order valence-corrected chi connectivity index (χ4v) is 3.63. The Labute approximate surface area is 144 Å². The third-order valence-electron chi connectivity index (χ3n) is 4.84. The van der Waals surface area contributed by atoms with Crippen molar-refractivity contribution in [2.24, 2.45) is 0 Å². The van der Waals surface area contributed by atoms with Gasteiger partial charge in [0.25, 0.3) is 0 Å². The van der Waals surface area contributed by atoms with Crippen LogP contribution in [0.2, 0.25) is 0 Å². The van der Waals surface area contributed by atoms with E-state index in [1.54, 1.807) is 18.5 Å². The number of fused-ring (bicyclic) bond motifs is 1. The summed E-state index contributed by atoms with van der Waals surface area (Å²) in [5.41, 5.74) is 2.69. The zero-order chi connectivity index (χ0) is 17.4. The van der Waals surface area contributed by atoms with E-state index in [0.717, 1.165) is 35.9 Å². The Bertz CT molecular complexity index is 938. The number of nitrogens with zero attached hydrogens (tertiary/aromatic N) is 2. The highest BCUT2D eigenvalue weighted by Gasteiger charge is 2.27. The van der Waals surface area contributed by atoms with E-state index in [1.165, 1.54) is 12.1 Å². The largest absolute Gasteiger partial charge is 0.378 e. The number of pyridine rings is 1. The average molecular weight is 339 g/mol. The van der Waals surface area contributed by atoms with E-state index in [2.05, 4.69) is 10.3 Å². The molecular formula is C19H18FN3O2. The van der Waals surface area contributed by atoms with Crippen LogP contribution in [0.5, 0.6) is 0 Å². The van der Waals surface area contributed by atoms with Gasteiger partial charge in [-0.05, 0) is 49.2 Å². The molecule has 2 unspecified atom stereocenters. The van der Waals surface area contributed by atoms with Crippen LogP contribution in [0.25, 0.3) is 16.6 Å². The molecule has 25 heavy (non-hydrogen) atoms. The maximum Gasteiger partial charge on any atom is 0.152 e. The second-order valence-corrected chi connectivity index (χ2v) is 6.32. The van der Waals surface area contributed by atoms with Gasteiger partial charge in [0, 0.05) is 29.3 Å². The first-order valence-electron chi connectivity index (χ1n) is 8.30. The van der Waals surface area contributed by atoms with Crippen molar-refractivity contribution in [2.75, 3.05) is 6.54 Å². The number of rotatable bonds is 3. The number of aliphatic hydroxyl groups excluding tert-OH is 1. The first kappa shape index (κ1) is 15.9. The second kappa shape index (κ2) is 6.38. The van der Waals surface area contributed by atoms with Crippen molar-refractivity contribution < 1.29 is 14.3 Å². The van der Waals surface area contributed by atoms with Gasteiger partial charge in [-0.25, -0.2) is 4.39 Å². The van der Waals surface area contributed by atoms with Crippen molar-refractivity contribution in [1.29, 1.82) is 0 Å². The lowest BCUT2D eigenvalue weighted by Gasteiger charge is -2.28. The van der Waals surface area contributed by atoms with Crippen LogP contribution in [-0.4, -0.2) is 33.7 Å². The summed E-state index contributed by atoms with van der Waals surface area (Å²) >= 11 is 0. The molecule has 0 aliphatic carbocycles. The first-order chi connectivity index (χ1) is 12.2. The van der Waals surface area contributed by atoms with E-state index in [4.69, 9.17) is 0 Å². The number of carbonyl (C=O) groups is 1. The van der Waals surface area contributed by atoms with E-state index in [-0.39, 0.29) is 11.5 Å². The van der Waals surface area contributed by atoms with Crippen molar-refractivity contribution in [2.45, 2.75) is 25.0 Å². The molecule has 128 valence electrons. The molecular weight excluding hydrogens is 321 g/mol. The lowest BCUT2D eigenvalue weighted by molar-refractivity contribution is 0.0850. The molecule has 0 amide bonds. The number of aliphatic hydroxyl groups is 1. The van der Waals surface area contributed by atoms with Gasteiger partial charge in [0.1, 0.15) is 12.0 Å². The Kier molecular flexibility index (Phi) is 4.07. The molecule has 0 radical (unpaired) electrons. The van der Waals surface area contributed by atoms with Crippen molar-refractivity contribution in [3.63, 3.8) is 0 Å². The van der Waals surface area contributed by atoms with Crippen molar-refractivity contribution in [3.8, 4) is 5.69 Å². The number of carbonyl (C=O) groups excluding carboxylic acids is 1. The Morgan fingerprint density at radius 1 is 1.36 bits per heavy atom. The molecule has 2 aromatic heterocycles. The molecule has 6 heteroatoms. The highest BCUT2D eigenvalue weighted by molar-refractivity contribution is 5.88. The third kappa shape index (κ3) is 2.73. The molecule has 2 N–H and O–H groups in total. The molecule has 0 saturated carbocycles. The summed E-state index contributed by atoms with van der Waals surface area (Å²) in [7, 11) is 0. The lowest BCUT2D eigenvalue weighted by atomic mass is 9.90. The predicted octanol–water partition coefficient (Wildman–Crippen LogP) is 2.76. The Balaban J connectivity index is 1.93. The maximum atomic E-state index is 13.5. The summed E-state index contributed by atoms with van der Waals surface area (Å²) < 4.78 is 15.3. The first-order valence-corrected chi connectivity index (χ1v) is 8.30. The Hall–Kier alpha value is -2.57. The van der Waals surface area contributed by atoms with Gasteiger partial charge >= 0.3 is 0 Å². The van der Waals surface area contributed by atoms with Gasteiger partial charge in [-0.15, -0.1) is 0 Å². The molecule has 1 aliphatic rings. The topological polar surface area (TPSA) is 67.2 Å². The van der Waals surface area contributed by atoms with Crippen LogP contribution in [0, 0.1) is 5.82 Å². The average Bonchev–Trinajstić information content (AvgIpc) is 3.01. The third-order valence-corrected chi connectivity index (χ3v) is 4.84. The number of benzene rings is 1. The van der Waals surface area contributed by atoms with Gasteiger partial charge < -0.3 is 9.67 Å². The number of nitrogens with one attached hydrogen (secondary N) is 1. The summed E-state index contributed by atoms with van der Waals surface area (Å²) in [5, 5.41) is 14.4. The van der Waals surface area contributed by atoms with Crippen molar-refractivity contribution >= 4 is 17.2 Å². The minimum atomic E-state index is -0.611. The van der Waals surface area contributed by atoms with Crippen LogP contribution in [0.4, 0.5) is 4.39 Å². The van der Waals surface area contributed by atoms with Gasteiger partial charge in [-0.2, -0.15) is 0 Å². The molecule has 1 fully saturated rings. The predicted molar refractivity (Wildman–Crippen MR) is 92.4 cm³/mol. The van der Waals surface area contributed by atoms with Crippen molar-refractivity contribution in [1.82, 2.24) is 14.9 Å². The summed E-state index contributed by atoms with van der Waals surface area (Å²) in [4.78, 5) is 15.6. The highest BCUT2D eigenvalue weighted by Crippen LogP contribution is 2.35. The zero-order valence-corrected chi connectivity index (χ0v) is 13.5. The minimum Gasteiger partial charge on any atom is -0.378 e. The lowest BCUT2D eigenvalue weighted by Crippen LogP contribution is -2.39. The monoisotopic (exact) mass is 339 g/mol. The quantitative estimate of drug-likeness (QED) is 0.720. The smallest absolute Gasteiger partial charge is 0.152 e. The Morgan fingerprint density at radius 2 is 2.24 bits per heavy atom. The Morgan fingerprint density at radius 3 is 3.04 bits per heavy atom. The molecule has 0 spiro atoms. The standard InChI is InChI=1S/C19H18FN3O2/c20-13-3-4-17(12(8-13)11-24)23-10-16(14-5-7-21-9-18(14)23)15-2-1-6-22-19(15)25/h3-5,7-11,15,19,22,25H,1-2,6H2. The summed E-state index contributed by atoms with van der Waals surface area (Å²) in [6, 6.07) is 6.06. The minimum absolute atomic E-state index is 0.0416. The van der Waals surface area contributed by atoms with Crippen LogP contribution in [0.1, 0.15) is 34.7 Å². The maximum absolute atomic E-state index is 13.5. The summed E-state index contributed by atoms with van der Waals surface area (Å²) in [5.74, 6) is -0.493. The molecule has 3 heterocycles. The molecule has 3 aromatic rings. The van der Waals surface area contributed by atoms with Gasteiger partial charge in [0.2, 0.25) is 0 Å². The normalized spacial score (nSPS) is 20.7. The number of hydrogen-bond acceptors (Lipinski definition) is 4. The van der Waals surface area contributed by atoms with Crippen LogP contribution >= 0.6 is 0 Å². The van der Waals surface area contributed by atoms with Gasteiger partial charge in [0.05, 0.1) is 17.4 Å². The van der Waals surface area contributed by atoms with Gasteiger partial charge in [0.15, 0.2) is 6.29 Å². The van der Waals surface area contributed by atoms with E-state index in [1.807, 2.05) is 16.8 Å². The van der Waals surface area contributed by atoms with Crippen molar-refractivity contribution in [3.05, 3.63) is 59.8 Å². The molecule has 1 saturated heterocycles. The number of aromatic nitrogens is 2. The van der Waals surface area contributed by atoms with E-state index < -0.39 is 12.0 Å².